The van der Waals surface area contributed by atoms with E-state index in [-0.39, 0.29) is 5.97 Å². The summed E-state index contributed by atoms with van der Waals surface area (Å²) in [7, 11) is 0. The fourth-order valence-electron chi connectivity index (χ4n) is 2.97. The number of nitrogens with one attached hydrogen (secondary N) is 1. The lowest BCUT2D eigenvalue weighted by Gasteiger charge is -2.42. The lowest BCUT2D eigenvalue weighted by atomic mass is 9.87. The van der Waals surface area contributed by atoms with Gasteiger partial charge in [0.2, 0.25) is 0 Å². The highest BCUT2D eigenvalue weighted by Gasteiger charge is 2.43. The topological polar surface area (TPSA) is 47.6 Å². The van der Waals surface area contributed by atoms with Gasteiger partial charge in [-0.1, -0.05) is 47.5 Å². The maximum absolute atomic E-state index is 12.4. The zero-order valence-electron chi connectivity index (χ0n) is 13.8. The average Bonchev–Trinajstić information content (AvgIpc) is 2.65. The van der Waals surface area contributed by atoms with E-state index < -0.39 is 11.7 Å². The number of rotatable bonds is 4. The third-order valence-electron chi connectivity index (χ3n) is 4.38. The summed E-state index contributed by atoms with van der Waals surface area (Å²) in [5.74, 6) is -0.387. The van der Waals surface area contributed by atoms with Gasteiger partial charge >= 0.3 is 5.97 Å². The van der Waals surface area contributed by atoms with Gasteiger partial charge in [0.05, 0.1) is 22.2 Å². The third-order valence-corrected chi connectivity index (χ3v) is 5.12. The SMILES string of the molecule is CC(OC(=O)c1ccccc1)C1(c2ccc(Cl)c(Cl)c2)CNCCO1. The van der Waals surface area contributed by atoms with Crippen molar-refractivity contribution in [2.75, 3.05) is 19.7 Å². The Morgan fingerprint density at radius 3 is 2.60 bits per heavy atom. The first-order chi connectivity index (χ1) is 12.0. The van der Waals surface area contributed by atoms with E-state index in [9.17, 15) is 4.79 Å². The van der Waals surface area contributed by atoms with Gasteiger partial charge in [0, 0.05) is 13.1 Å². The first-order valence-corrected chi connectivity index (χ1v) is 8.85. The van der Waals surface area contributed by atoms with E-state index in [0.717, 1.165) is 12.1 Å². The molecule has 3 rings (SSSR count). The summed E-state index contributed by atoms with van der Waals surface area (Å²) in [5.41, 5.74) is 0.501. The predicted molar refractivity (Wildman–Crippen MR) is 98.3 cm³/mol. The molecule has 2 unspecified atom stereocenters. The molecule has 1 heterocycles. The normalized spacial score (nSPS) is 21.6. The second kappa shape index (κ2) is 7.75. The molecular formula is C19H19Cl2NO3. The highest BCUT2D eigenvalue weighted by molar-refractivity contribution is 6.42. The van der Waals surface area contributed by atoms with Crippen molar-refractivity contribution < 1.29 is 14.3 Å². The maximum atomic E-state index is 12.4. The van der Waals surface area contributed by atoms with Crippen LogP contribution in [0.3, 0.4) is 0 Å². The Kier molecular flexibility index (Phi) is 5.64. The molecule has 0 amide bonds. The zero-order valence-corrected chi connectivity index (χ0v) is 15.3. The number of hydrogen-bond acceptors (Lipinski definition) is 4. The van der Waals surface area contributed by atoms with E-state index in [4.69, 9.17) is 32.7 Å². The molecule has 0 bridgehead atoms. The molecule has 1 aliphatic rings. The van der Waals surface area contributed by atoms with Gasteiger partial charge in [0.15, 0.2) is 0 Å². The van der Waals surface area contributed by atoms with E-state index in [0.29, 0.717) is 28.8 Å². The van der Waals surface area contributed by atoms with E-state index in [2.05, 4.69) is 5.32 Å². The molecule has 25 heavy (non-hydrogen) atoms. The Balaban J connectivity index is 1.89. The molecule has 1 N–H and O–H groups in total. The summed E-state index contributed by atoms with van der Waals surface area (Å²) < 4.78 is 11.8. The maximum Gasteiger partial charge on any atom is 0.338 e. The summed E-state index contributed by atoms with van der Waals surface area (Å²) in [6.45, 7) is 3.58. The molecule has 1 aliphatic heterocycles. The summed E-state index contributed by atoms with van der Waals surface area (Å²) in [5, 5.41) is 4.22. The average molecular weight is 380 g/mol. The summed E-state index contributed by atoms with van der Waals surface area (Å²) in [4.78, 5) is 12.4. The van der Waals surface area contributed by atoms with E-state index in [1.165, 1.54) is 0 Å². The molecule has 6 heteroatoms. The molecule has 0 saturated carbocycles. The quantitative estimate of drug-likeness (QED) is 0.813. The minimum absolute atomic E-state index is 0.387. The van der Waals surface area contributed by atoms with Crippen molar-refractivity contribution in [1.82, 2.24) is 5.32 Å². The Morgan fingerprint density at radius 2 is 1.96 bits per heavy atom. The lowest BCUT2D eigenvalue weighted by Crippen LogP contribution is -2.54. The fourth-order valence-corrected chi connectivity index (χ4v) is 3.27. The molecule has 2 atom stereocenters. The van der Waals surface area contributed by atoms with Crippen LogP contribution in [0.2, 0.25) is 10.0 Å². The number of benzene rings is 2. The van der Waals surface area contributed by atoms with Crippen molar-refractivity contribution in [1.29, 1.82) is 0 Å². The van der Waals surface area contributed by atoms with Gasteiger partial charge in [-0.25, -0.2) is 4.79 Å². The van der Waals surface area contributed by atoms with Gasteiger partial charge in [-0.15, -0.1) is 0 Å². The molecule has 0 spiro atoms. The summed E-state index contributed by atoms with van der Waals surface area (Å²) >= 11 is 12.2. The van der Waals surface area contributed by atoms with Crippen molar-refractivity contribution in [3.63, 3.8) is 0 Å². The molecule has 0 aromatic heterocycles. The molecule has 1 saturated heterocycles. The Bertz CT molecular complexity index is 746. The Morgan fingerprint density at radius 1 is 1.20 bits per heavy atom. The van der Waals surface area contributed by atoms with E-state index in [1.54, 1.807) is 36.4 Å². The van der Waals surface area contributed by atoms with E-state index in [1.807, 2.05) is 19.1 Å². The smallest absolute Gasteiger partial charge is 0.338 e. The highest BCUT2D eigenvalue weighted by Crippen LogP contribution is 2.36. The minimum atomic E-state index is -0.823. The van der Waals surface area contributed by atoms with Crippen LogP contribution in [-0.4, -0.2) is 31.8 Å². The van der Waals surface area contributed by atoms with Crippen LogP contribution in [0.1, 0.15) is 22.8 Å². The number of halogens is 2. The van der Waals surface area contributed by atoms with Gasteiger partial charge in [-0.2, -0.15) is 0 Å². The molecule has 2 aromatic carbocycles. The van der Waals surface area contributed by atoms with Crippen molar-refractivity contribution in [2.24, 2.45) is 0 Å². The van der Waals surface area contributed by atoms with E-state index >= 15 is 0 Å². The van der Waals surface area contributed by atoms with Gasteiger partial charge in [-0.3, -0.25) is 0 Å². The van der Waals surface area contributed by atoms with Crippen LogP contribution in [0.25, 0.3) is 0 Å². The first kappa shape index (κ1) is 18.2. The molecule has 1 fully saturated rings. The summed E-state index contributed by atoms with van der Waals surface area (Å²) in [6.07, 6.45) is -0.523. The van der Waals surface area contributed by atoms with Crippen LogP contribution in [0.5, 0.6) is 0 Å². The van der Waals surface area contributed by atoms with Crippen molar-refractivity contribution in [3.05, 3.63) is 69.7 Å². The summed E-state index contributed by atoms with van der Waals surface area (Å²) in [6, 6.07) is 14.2. The standard InChI is InChI=1S/C19H19Cl2NO3/c1-13(25-18(23)14-5-3-2-4-6-14)19(12-22-9-10-24-19)15-7-8-16(20)17(21)11-15/h2-8,11,13,22H,9-10,12H2,1H3. The monoisotopic (exact) mass is 379 g/mol. The largest absolute Gasteiger partial charge is 0.456 e. The third kappa shape index (κ3) is 3.82. The van der Waals surface area contributed by atoms with Gasteiger partial charge in [0.25, 0.3) is 0 Å². The highest BCUT2D eigenvalue weighted by atomic mass is 35.5. The van der Waals surface area contributed by atoms with Gasteiger partial charge in [-0.05, 0) is 36.8 Å². The van der Waals surface area contributed by atoms with Crippen molar-refractivity contribution >= 4 is 29.2 Å². The van der Waals surface area contributed by atoms with Crippen LogP contribution >= 0.6 is 23.2 Å². The van der Waals surface area contributed by atoms with Crippen LogP contribution in [0.4, 0.5) is 0 Å². The predicted octanol–water partition coefficient (Wildman–Crippen LogP) is 4.05. The molecule has 4 nitrogen and oxygen atoms in total. The Labute approximate surface area is 157 Å². The molecule has 0 radical (unpaired) electrons. The Hall–Kier alpha value is -1.59. The zero-order chi connectivity index (χ0) is 17.9. The van der Waals surface area contributed by atoms with Crippen LogP contribution < -0.4 is 5.32 Å². The number of ether oxygens (including phenoxy) is 2. The van der Waals surface area contributed by atoms with Crippen LogP contribution in [-0.2, 0) is 15.1 Å². The second-order valence-electron chi connectivity index (χ2n) is 5.96. The molecule has 132 valence electrons. The first-order valence-electron chi connectivity index (χ1n) is 8.09. The van der Waals surface area contributed by atoms with Crippen molar-refractivity contribution in [2.45, 2.75) is 18.6 Å². The minimum Gasteiger partial charge on any atom is -0.456 e. The fraction of sp³-hybridized carbons (Fsp3) is 0.316. The van der Waals surface area contributed by atoms with Gasteiger partial charge in [0.1, 0.15) is 11.7 Å². The number of esters is 1. The second-order valence-corrected chi connectivity index (χ2v) is 6.77. The van der Waals surface area contributed by atoms with Crippen molar-refractivity contribution in [3.8, 4) is 0 Å². The molecule has 2 aromatic rings. The van der Waals surface area contributed by atoms with Gasteiger partial charge < -0.3 is 14.8 Å². The number of carbonyl (C=O) groups is 1. The number of hydrogen-bond donors (Lipinski definition) is 1. The van der Waals surface area contributed by atoms with Crippen LogP contribution in [0.15, 0.2) is 48.5 Å². The molecule has 0 aliphatic carbocycles. The number of carbonyl (C=O) groups excluding carboxylic acids is 1. The van der Waals surface area contributed by atoms with Crippen LogP contribution in [0, 0.1) is 0 Å². The number of morpholine rings is 1. The lowest BCUT2D eigenvalue weighted by molar-refractivity contribution is -0.141. The molecular weight excluding hydrogens is 361 g/mol.